The molecule has 0 amide bonds. The minimum atomic E-state index is -0.811. The van der Waals surface area contributed by atoms with Crippen molar-refractivity contribution in [2.75, 3.05) is 0 Å². The normalized spacial score (nSPS) is 45.5. The van der Waals surface area contributed by atoms with Gasteiger partial charge >= 0.3 is 5.97 Å². The molecule has 4 nitrogen and oxygen atoms in total. The van der Waals surface area contributed by atoms with Crippen molar-refractivity contribution in [3.8, 4) is 0 Å². The summed E-state index contributed by atoms with van der Waals surface area (Å²) >= 11 is 0. The third-order valence-electron chi connectivity index (χ3n) is 11.2. The second-order valence-corrected chi connectivity index (χ2v) is 13.3. The lowest BCUT2D eigenvalue weighted by Gasteiger charge is -2.55. The van der Waals surface area contributed by atoms with Crippen LogP contribution in [-0.4, -0.2) is 22.5 Å². The number of ether oxygens (including phenoxy) is 1. The van der Waals surface area contributed by atoms with E-state index in [2.05, 4.69) is 41.5 Å². The Labute approximate surface area is 204 Å². The third kappa shape index (κ3) is 3.13. The number of esters is 1. The van der Waals surface area contributed by atoms with Gasteiger partial charge in [0.2, 0.25) is 0 Å². The highest BCUT2D eigenvalue weighted by Crippen LogP contribution is 2.70. The number of hydrogen-bond donors (Lipinski definition) is 1. The Balaban J connectivity index is 1.46. The molecule has 0 aromatic rings. The highest BCUT2D eigenvalue weighted by Gasteiger charge is 2.63. The van der Waals surface area contributed by atoms with E-state index in [1.807, 2.05) is 12.2 Å². The van der Waals surface area contributed by atoms with E-state index in [0.29, 0.717) is 29.5 Å². The zero-order chi connectivity index (χ0) is 24.8. The summed E-state index contributed by atoms with van der Waals surface area (Å²) < 4.78 is 5.40. The predicted octanol–water partition coefficient (Wildman–Crippen LogP) is 6.30. The van der Waals surface area contributed by atoms with Gasteiger partial charge in [0, 0.05) is 23.3 Å². The van der Waals surface area contributed by atoms with Crippen molar-refractivity contribution in [3.05, 3.63) is 34.6 Å². The van der Waals surface area contributed by atoms with Crippen molar-refractivity contribution >= 4 is 11.8 Å². The average Bonchev–Trinajstić information content (AvgIpc) is 3.22. The van der Waals surface area contributed by atoms with Crippen LogP contribution in [0.4, 0.5) is 0 Å². The first-order chi connectivity index (χ1) is 15.7. The molecule has 1 N–H and O–H groups in total. The second kappa shape index (κ2) is 7.41. The number of rotatable bonds is 2. The fourth-order valence-corrected chi connectivity index (χ4v) is 9.24. The van der Waals surface area contributed by atoms with E-state index in [-0.39, 0.29) is 40.0 Å². The van der Waals surface area contributed by atoms with Crippen molar-refractivity contribution in [1.29, 1.82) is 0 Å². The Morgan fingerprint density at radius 1 is 1.00 bits per heavy atom. The summed E-state index contributed by atoms with van der Waals surface area (Å²) in [5.74, 6) is 1.56. The summed E-state index contributed by atoms with van der Waals surface area (Å²) in [5, 5.41) is 12.2. The van der Waals surface area contributed by atoms with Crippen molar-refractivity contribution in [3.63, 3.8) is 0 Å². The standard InChI is InChI=1S/C30H42O4/c1-17(14-19-15-18(2)26(32)34-19)20-10-12-28(5)21-8-9-23-27(3,4)25(31)11-13-29(23,6)22(21)16-24(28)30(20,7)33/h14-15,17,20,23-24,33H,8-13,16H2,1-7H3/b19-14-/t17-,20-,23?,24?,28+,29-,30?/m1/s1. The average molecular weight is 467 g/mol. The molecule has 0 radical (unpaired) electrons. The fraction of sp³-hybridized carbons (Fsp3) is 0.733. The van der Waals surface area contributed by atoms with Gasteiger partial charge in [-0.3, -0.25) is 4.79 Å². The maximum Gasteiger partial charge on any atom is 0.339 e. The first-order valence-electron chi connectivity index (χ1n) is 13.3. The molecule has 1 aliphatic heterocycles. The minimum Gasteiger partial charge on any atom is -0.423 e. The number of carbonyl (C=O) groups excluding carboxylic acids is 2. The van der Waals surface area contributed by atoms with Crippen LogP contribution in [0.2, 0.25) is 0 Å². The van der Waals surface area contributed by atoms with Gasteiger partial charge in [0.1, 0.15) is 11.5 Å². The van der Waals surface area contributed by atoms with Crippen LogP contribution in [0.5, 0.6) is 0 Å². The van der Waals surface area contributed by atoms with Crippen LogP contribution in [0.25, 0.3) is 0 Å². The molecule has 34 heavy (non-hydrogen) atoms. The highest BCUT2D eigenvalue weighted by atomic mass is 16.5. The Hall–Kier alpha value is -1.68. The van der Waals surface area contributed by atoms with E-state index < -0.39 is 5.60 Å². The van der Waals surface area contributed by atoms with Gasteiger partial charge in [0.25, 0.3) is 0 Å². The lowest BCUT2D eigenvalue weighted by atomic mass is 9.49. The van der Waals surface area contributed by atoms with Crippen LogP contribution in [0, 0.1) is 39.9 Å². The Morgan fingerprint density at radius 3 is 2.32 bits per heavy atom. The number of cyclic esters (lactones) is 1. The Morgan fingerprint density at radius 2 is 1.68 bits per heavy atom. The monoisotopic (exact) mass is 466 g/mol. The van der Waals surface area contributed by atoms with Crippen molar-refractivity contribution in [2.24, 2.45) is 39.9 Å². The van der Waals surface area contributed by atoms with Gasteiger partial charge in [0.05, 0.1) is 5.60 Å². The zero-order valence-corrected chi connectivity index (χ0v) is 22.1. The summed E-state index contributed by atoms with van der Waals surface area (Å²) in [4.78, 5) is 24.6. The second-order valence-electron chi connectivity index (χ2n) is 13.3. The molecule has 5 aliphatic rings. The molecule has 0 aromatic heterocycles. The molecule has 4 aliphatic carbocycles. The molecule has 2 fully saturated rings. The molecule has 1 heterocycles. The highest BCUT2D eigenvalue weighted by molar-refractivity contribution is 5.92. The lowest BCUT2D eigenvalue weighted by Crippen LogP contribution is -2.54. The Bertz CT molecular complexity index is 1040. The van der Waals surface area contributed by atoms with E-state index in [9.17, 15) is 14.7 Å². The van der Waals surface area contributed by atoms with Crippen molar-refractivity contribution in [1.82, 2.24) is 0 Å². The van der Waals surface area contributed by atoms with Gasteiger partial charge in [0.15, 0.2) is 0 Å². The molecule has 2 saturated carbocycles. The summed E-state index contributed by atoms with van der Waals surface area (Å²) in [6.07, 6.45) is 10.6. The number of aliphatic hydroxyl groups is 1. The number of hydrogen-bond acceptors (Lipinski definition) is 4. The molecule has 0 aromatic carbocycles. The topological polar surface area (TPSA) is 63.6 Å². The summed E-state index contributed by atoms with van der Waals surface area (Å²) in [6.45, 7) is 15.1. The first-order valence-corrected chi connectivity index (χ1v) is 13.3. The van der Waals surface area contributed by atoms with E-state index in [4.69, 9.17) is 4.74 Å². The van der Waals surface area contributed by atoms with E-state index in [0.717, 1.165) is 38.5 Å². The van der Waals surface area contributed by atoms with Gasteiger partial charge in [-0.05, 0) is 93.1 Å². The smallest absolute Gasteiger partial charge is 0.339 e. The molecular weight excluding hydrogens is 424 g/mol. The molecule has 3 unspecified atom stereocenters. The van der Waals surface area contributed by atoms with Gasteiger partial charge < -0.3 is 9.84 Å². The van der Waals surface area contributed by atoms with Gasteiger partial charge in [-0.1, -0.05) is 45.8 Å². The van der Waals surface area contributed by atoms with E-state index in [1.54, 1.807) is 18.1 Å². The maximum absolute atomic E-state index is 12.8. The summed E-state index contributed by atoms with van der Waals surface area (Å²) in [5.41, 5.74) is 2.82. The quantitative estimate of drug-likeness (QED) is 0.383. The first kappa shape index (κ1) is 24.0. The van der Waals surface area contributed by atoms with E-state index >= 15 is 0 Å². The summed E-state index contributed by atoms with van der Waals surface area (Å²) in [7, 11) is 0. The molecule has 7 atom stereocenters. The molecule has 0 bridgehead atoms. The Kier molecular flexibility index (Phi) is 5.24. The van der Waals surface area contributed by atoms with E-state index in [1.165, 1.54) is 0 Å². The van der Waals surface area contributed by atoms with Crippen LogP contribution >= 0.6 is 0 Å². The van der Waals surface area contributed by atoms with Crippen molar-refractivity contribution in [2.45, 2.75) is 99.0 Å². The van der Waals surface area contributed by atoms with Crippen LogP contribution in [0.1, 0.15) is 93.4 Å². The predicted molar refractivity (Wildman–Crippen MR) is 133 cm³/mol. The fourth-order valence-electron chi connectivity index (χ4n) is 9.24. The van der Waals surface area contributed by atoms with Gasteiger partial charge in [-0.15, -0.1) is 0 Å². The third-order valence-corrected chi connectivity index (χ3v) is 11.2. The lowest BCUT2D eigenvalue weighted by molar-refractivity contribution is -0.139. The zero-order valence-electron chi connectivity index (χ0n) is 22.1. The molecule has 0 spiro atoms. The minimum absolute atomic E-state index is 0.0259. The van der Waals surface area contributed by atoms with Crippen LogP contribution in [0.15, 0.2) is 34.6 Å². The van der Waals surface area contributed by atoms with Gasteiger partial charge in [-0.25, -0.2) is 4.79 Å². The molecular formula is C30H42O4. The molecule has 186 valence electrons. The number of fused-ring (bicyclic) bond motifs is 4. The summed E-state index contributed by atoms with van der Waals surface area (Å²) in [6, 6.07) is 0. The van der Waals surface area contributed by atoms with Crippen LogP contribution in [0.3, 0.4) is 0 Å². The number of carbonyl (C=O) groups is 2. The molecule has 5 rings (SSSR count). The largest absolute Gasteiger partial charge is 0.423 e. The molecule has 4 heteroatoms. The van der Waals surface area contributed by atoms with Crippen LogP contribution < -0.4 is 0 Å². The van der Waals surface area contributed by atoms with Crippen molar-refractivity contribution < 1.29 is 19.4 Å². The number of allylic oxidation sites excluding steroid dienone is 4. The number of ketones is 1. The van der Waals surface area contributed by atoms with Gasteiger partial charge in [-0.2, -0.15) is 0 Å². The number of Topliss-reactive ketones (excluding diaryl/α,β-unsaturated/α-hetero) is 1. The van der Waals surface area contributed by atoms with Crippen LogP contribution in [-0.2, 0) is 14.3 Å². The SMILES string of the molecule is CC1=C/C(=C/[C@@H](C)[C@H]2CC[C@@]3(C)C4=C(CC3C2(C)O)[C@@]2(C)CCC(=O)C(C)(C)C2CC4)OC1=O. The maximum atomic E-state index is 12.8. The molecule has 0 saturated heterocycles.